The Hall–Kier alpha value is -2.94. The van der Waals surface area contributed by atoms with Gasteiger partial charge < -0.3 is 14.5 Å². The normalized spacial score (nSPS) is 22.6. The van der Waals surface area contributed by atoms with Gasteiger partial charge in [0.05, 0.1) is 11.6 Å². The monoisotopic (exact) mass is 436 g/mol. The van der Waals surface area contributed by atoms with Gasteiger partial charge in [0.15, 0.2) is 17.3 Å². The van der Waals surface area contributed by atoms with Gasteiger partial charge >= 0.3 is 0 Å². The number of piperidine rings is 1. The minimum absolute atomic E-state index is 0.111. The van der Waals surface area contributed by atoms with Crippen LogP contribution in [0.2, 0.25) is 0 Å². The molecule has 3 aliphatic rings. The van der Waals surface area contributed by atoms with E-state index in [1.165, 1.54) is 19.3 Å². The number of hydrogen-bond acceptors (Lipinski definition) is 7. The highest BCUT2D eigenvalue weighted by Crippen LogP contribution is 2.38. The summed E-state index contributed by atoms with van der Waals surface area (Å²) in [7, 11) is 0. The van der Waals surface area contributed by atoms with Crippen LogP contribution in [0.5, 0.6) is 11.5 Å². The Labute approximate surface area is 185 Å². The minimum Gasteiger partial charge on any atom is -0.454 e. The standard InChI is InChI=1S/C23H28N6O3/c1-14-5-4-8-28(12-14)21(22-25-26-27-29(22)16-6-2-3-7-16)17-9-15-10-19-20(32-13-31-19)11-18(15)24-23(17)30/h9-11,14,16,21H,2-8,12-13H2,1H3,(H,24,30)/t14-,21+/m0/s1. The Kier molecular flexibility index (Phi) is 4.86. The molecule has 3 aromatic rings. The predicted molar refractivity (Wildman–Crippen MR) is 118 cm³/mol. The smallest absolute Gasteiger partial charge is 0.253 e. The highest BCUT2D eigenvalue weighted by molar-refractivity contribution is 5.83. The molecule has 2 fully saturated rings. The summed E-state index contributed by atoms with van der Waals surface area (Å²) < 4.78 is 13.0. The lowest BCUT2D eigenvalue weighted by Gasteiger charge is -2.36. The van der Waals surface area contributed by atoms with Crippen LogP contribution in [-0.2, 0) is 0 Å². The average Bonchev–Trinajstić information content (AvgIpc) is 3.54. The second kappa shape index (κ2) is 7.88. The van der Waals surface area contributed by atoms with Gasteiger partial charge in [-0.15, -0.1) is 5.10 Å². The molecular formula is C23H28N6O3. The molecule has 1 aliphatic carbocycles. The Bertz CT molecular complexity index is 1200. The Balaban J connectivity index is 1.50. The SMILES string of the molecule is C[C@H]1CCCN([C@H](c2cc3cc4c(cc3[nH]c2=O)OCO4)c2nnnn2C2CCCC2)C1. The fourth-order valence-electron chi connectivity index (χ4n) is 5.56. The quantitative estimate of drug-likeness (QED) is 0.671. The first-order valence-corrected chi connectivity index (χ1v) is 11.7. The van der Waals surface area contributed by atoms with Crippen molar-refractivity contribution in [2.75, 3.05) is 19.9 Å². The molecule has 2 aromatic heterocycles. The zero-order valence-electron chi connectivity index (χ0n) is 18.3. The Morgan fingerprint density at radius 2 is 1.91 bits per heavy atom. The minimum atomic E-state index is -0.285. The molecule has 9 heteroatoms. The molecule has 0 radical (unpaired) electrons. The molecule has 0 bridgehead atoms. The van der Waals surface area contributed by atoms with Crippen LogP contribution in [0.25, 0.3) is 10.9 Å². The van der Waals surface area contributed by atoms with E-state index in [4.69, 9.17) is 9.47 Å². The number of rotatable bonds is 4. The molecule has 1 saturated carbocycles. The third-order valence-electron chi connectivity index (χ3n) is 7.15. The third kappa shape index (κ3) is 3.35. The first-order valence-electron chi connectivity index (χ1n) is 11.7. The number of aromatic amines is 1. The lowest BCUT2D eigenvalue weighted by molar-refractivity contribution is 0.139. The van der Waals surface area contributed by atoms with Crippen molar-refractivity contribution in [2.24, 2.45) is 5.92 Å². The van der Waals surface area contributed by atoms with Gasteiger partial charge in [-0.2, -0.15) is 0 Å². The van der Waals surface area contributed by atoms with Gasteiger partial charge in [-0.3, -0.25) is 9.69 Å². The number of likely N-dealkylation sites (tertiary alicyclic amines) is 1. The van der Waals surface area contributed by atoms with Crippen LogP contribution in [0.4, 0.5) is 0 Å². The van der Waals surface area contributed by atoms with E-state index in [-0.39, 0.29) is 18.4 Å². The van der Waals surface area contributed by atoms with Gasteiger partial charge in [-0.25, -0.2) is 4.68 Å². The number of aromatic nitrogens is 5. The molecule has 1 saturated heterocycles. The molecule has 168 valence electrons. The van der Waals surface area contributed by atoms with Crippen LogP contribution in [0.3, 0.4) is 0 Å². The molecule has 32 heavy (non-hydrogen) atoms. The van der Waals surface area contributed by atoms with E-state index >= 15 is 0 Å². The molecular weight excluding hydrogens is 408 g/mol. The van der Waals surface area contributed by atoms with E-state index in [9.17, 15) is 4.79 Å². The van der Waals surface area contributed by atoms with Gasteiger partial charge in [0.1, 0.15) is 6.04 Å². The maximum absolute atomic E-state index is 13.4. The first kappa shape index (κ1) is 19.7. The Morgan fingerprint density at radius 1 is 1.09 bits per heavy atom. The highest BCUT2D eigenvalue weighted by Gasteiger charge is 2.35. The van der Waals surface area contributed by atoms with Crippen LogP contribution < -0.4 is 15.0 Å². The topological polar surface area (TPSA) is 98.2 Å². The molecule has 2 aliphatic heterocycles. The molecule has 1 N–H and O–H groups in total. The largest absolute Gasteiger partial charge is 0.454 e. The van der Waals surface area contributed by atoms with E-state index in [0.29, 0.717) is 29.0 Å². The molecule has 4 heterocycles. The summed E-state index contributed by atoms with van der Waals surface area (Å²) >= 11 is 0. The summed E-state index contributed by atoms with van der Waals surface area (Å²) in [5.41, 5.74) is 1.31. The van der Waals surface area contributed by atoms with Crippen molar-refractivity contribution in [3.8, 4) is 11.5 Å². The van der Waals surface area contributed by atoms with Crippen LogP contribution in [0.15, 0.2) is 23.0 Å². The van der Waals surface area contributed by atoms with E-state index in [0.717, 1.165) is 49.1 Å². The van der Waals surface area contributed by atoms with E-state index < -0.39 is 0 Å². The van der Waals surface area contributed by atoms with Crippen LogP contribution >= 0.6 is 0 Å². The van der Waals surface area contributed by atoms with Crippen molar-refractivity contribution in [3.63, 3.8) is 0 Å². The van der Waals surface area contributed by atoms with E-state index in [1.807, 2.05) is 22.9 Å². The van der Waals surface area contributed by atoms with Gasteiger partial charge in [0.25, 0.3) is 5.56 Å². The van der Waals surface area contributed by atoms with Crippen molar-refractivity contribution in [3.05, 3.63) is 39.9 Å². The molecule has 0 amide bonds. The number of ether oxygens (including phenoxy) is 2. The number of hydrogen-bond donors (Lipinski definition) is 1. The van der Waals surface area contributed by atoms with E-state index in [1.54, 1.807) is 0 Å². The molecule has 2 atom stereocenters. The predicted octanol–water partition coefficient (Wildman–Crippen LogP) is 3.18. The lowest BCUT2D eigenvalue weighted by atomic mass is 9.95. The number of fused-ring (bicyclic) bond motifs is 2. The maximum Gasteiger partial charge on any atom is 0.253 e. The zero-order chi connectivity index (χ0) is 21.7. The second-order valence-electron chi connectivity index (χ2n) is 9.41. The maximum atomic E-state index is 13.4. The van der Waals surface area contributed by atoms with Crippen molar-refractivity contribution in [2.45, 2.75) is 57.5 Å². The summed E-state index contributed by atoms with van der Waals surface area (Å²) in [4.78, 5) is 18.9. The summed E-state index contributed by atoms with van der Waals surface area (Å²) in [6.45, 7) is 4.31. The zero-order valence-corrected chi connectivity index (χ0v) is 18.3. The van der Waals surface area contributed by atoms with Crippen LogP contribution in [0, 0.1) is 5.92 Å². The fourth-order valence-corrected chi connectivity index (χ4v) is 5.56. The van der Waals surface area contributed by atoms with Crippen molar-refractivity contribution in [1.29, 1.82) is 0 Å². The Morgan fingerprint density at radius 3 is 2.72 bits per heavy atom. The van der Waals surface area contributed by atoms with Gasteiger partial charge in [-0.1, -0.05) is 19.8 Å². The number of benzene rings is 1. The van der Waals surface area contributed by atoms with Crippen molar-refractivity contribution >= 4 is 10.9 Å². The lowest BCUT2D eigenvalue weighted by Crippen LogP contribution is -2.41. The second-order valence-corrected chi connectivity index (χ2v) is 9.41. The molecule has 9 nitrogen and oxygen atoms in total. The summed E-state index contributed by atoms with van der Waals surface area (Å²) in [5, 5.41) is 13.8. The fraction of sp³-hybridized carbons (Fsp3) is 0.565. The van der Waals surface area contributed by atoms with Crippen LogP contribution in [0.1, 0.15) is 68.9 Å². The number of nitrogens with zero attached hydrogens (tertiary/aromatic N) is 5. The number of H-pyrrole nitrogens is 1. The molecule has 1 aromatic carbocycles. The number of tetrazole rings is 1. The van der Waals surface area contributed by atoms with Crippen LogP contribution in [-0.4, -0.2) is 50.0 Å². The average molecular weight is 437 g/mol. The van der Waals surface area contributed by atoms with Gasteiger partial charge in [-0.05, 0) is 60.7 Å². The van der Waals surface area contributed by atoms with Crippen molar-refractivity contribution < 1.29 is 9.47 Å². The van der Waals surface area contributed by atoms with E-state index in [2.05, 4.69) is 32.3 Å². The highest BCUT2D eigenvalue weighted by atomic mass is 16.7. The van der Waals surface area contributed by atoms with Crippen molar-refractivity contribution in [1.82, 2.24) is 30.1 Å². The summed E-state index contributed by atoms with van der Waals surface area (Å²) in [6.07, 6.45) is 6.86. The van der Waals surface area contributed by atoms with Gasteiger partial charge in [0, 0.05) is 23.6 Å². The molecule has 0 unspecified atom stereocenters. The molecule has 0 spiro atoms. The third-order valence-corrected chi connectivity index (χ3v) is 7.15. The summed E-state index contributed by atoms with van der Waals surface area (Å²) in [5.74, 6) is 2.70. The van der Waals surface area contributed by atoms with Gasteiger partial charge in [0.2, 0.25) is 6.79 Å². The summed E-state index contributed by atoms with van der Waals surface area (Å²) in [6, 6.07) is 5.77. The molecule has 6 rings (SSSR count). The first-order chi connectivity index (χ1) is 15.7. The number of nitrogens with one attached hydrogen (secondary N) is 1. The number of pyridine rings is 1.